The van der Waals surface area contributed by atoms with Crippen LogP contribution in [0.2, 0.25) is 0 Å². The second kappa shape index (κ2) is 14.2. The number of benzene rings is 2. The molecule has 44 heavy (non-hydrogen) atoms. The van der Waals surface area contributed by atoms with Crippen LogP contribution >= 0.6 is 0 Å². The molecule has 5 aromatic rings. The maximum Gasteiger partial charge on any atom is 0.332 e. The van der Waals surface area contributed by atoms with Crippen LogP contribution in [0.15, 0.2) is 75.3 Å². The first-order valence-electron chi connectivity index (χ1n) is 13.9. The zero-order chi connectivity index (χ0) is 32.7. The number of anilines is 2. The van der Waals surface area contributed by atoms with E-state index in [1.807, 2.05) is 99.2 Å². The second-order valence-corrected chi connectivity index (χ2v) is 10.2. The number of aromatic nitrogens is 6. The Morgan fingerprint density at radius 2 is 1.52 bits per heavy atom. The van der Waals surface area contributed by atoms with Gasteiger partial charge in [-0.15, -0.1) is 0 Å². The van der Waals surface area contributed by atoms with Gasteiger partial charge in [-0.2, -0.15) is 0 Å². The lowest BCUT2D eigenvalue weighted by atomic mass is 10.3. The number of imidazole rings is 1. The van der Waals surface area contributed by atoms with Crippen molar-refractivity contribution in [1.82, 2.24) is 28.0 Å². The Morgan fingerprint density at radius 3 is 2.05 bits per heavy atom. The molecule has 0 fully saturated rings. The first-order chi connectivity index (χ1) is 20.8. The summed E-state index contributed by atoms with van der Waals surface area (Å²) in [5.41, 5.74) is 3.56. The molecule has 13 heteroatoms. The third kappa shape index (κ3) is 7.17. The quantitative estimate of drug-likeness (QED) is 0.326. The zero-order valence-corrected chi connectivity index (χ0v) is 26.7. The van der Waals surface area contributed by atoms with Gasteiger partial charge in [0, 0.05) is 54.9 Å². The molecule has 0 spiro atoms. The van der Waals surface area contributed by atoms with Crippen LogP contribution in [-0.2, 0) is 33.0 Å². The van der Waals surface area contributed by atoms with Gasteiger partial charge in [-0.1, -0.05) is 18.2 Å². The van der Waals surface area contributed by atoms with E-state index in [2.05, 4.69) is 10.3 Å². The van der Waals surface area contributed by atoms with E-state index < -0.39 is 0 Å². The van der Waals surface area contributed by atoms with Gasteiger partial charge in [0.2, 0.25) is 5.91 Å². The highest BCUT2D eigenvalue weighted by Crippen LogP contribution is 2.16. The van der Waals surface area contributed by atoms with Gasteiger partial charge in [0.1, 0.15) is 11.4 Å². The summed E-state index contributed by atoms with van der Waals surface area (Å²) < 4.78 is 12.9. The van der Waals surface area contributed by atoms with E-state index in [1.165, 1.54) is 24.9 Å². The number of nitrogens with zero attached hydrogens (tertiary/aromatic N) is 7. The van der Waals surface area contributed by atoms with Gasteiger partial charge in [-0.25, -0.2) is 14.5 Å². The molecule has 1 amide bonds. The molecule has 0 aliphatic heterocycles. The number of nitrogens with one attached hydrogen (secondary N) is 1. The minimum absolute atomic E-state index is 0.0150. The van der Waals surface area contributed by atoms with Crippen molar-refractivity contribution < 1.29 is 9.53 Å². The fourth-order valence-electron chi connectivity index (χ4n) is 4.54. The number of hydrogen-bond donors (Lipinski definition) is 1. The molecule has 13 nitrogen and oxygen atoms in total. The van der Waals surface area contributed by atoms with Crippen LogP contribution < -0.4 is 31.8 Å². The number of fused-ring (bicyclic) bond motifs is 1. The van der Waals surface area contributed by atoms with Gasteiger partial charge < -0.3 is 19.5 Å². The first-order valence-corrected chi connectivity index (χ1v) is 13.9. The zero-order valence-electron chi connectivity index (χ0n) is 26.7. The Hall–Kier alpha value is -5.33. The number of hydrogen-bond acceptors (Lipinski definition) is 7. The lowest BCUT2D eigenvalue weighted by molar-refractivity contribution is -0.114. The molecule has 5 rings (SSSR count). The fraction of sp³-hybridized carbons (Fsp3) is 0.323. The second-order valence-electron chi connectivity index (χ2n) is 10.2. The summed E-state index contributed by atoms with van der Waals surface area (Å²) in [4.78, 5) is 52.0. The minimum atomic E-state index is -0.360. The molecule has 0 unspecified atom stereocenters. The van der Waals surface area contributed by atoms with Gasteiger partial charge in [0.25, 0.3) is 11.1 Å². The lowest BCUT2D eigenvalue weighted by Gasteiger charge is -2.09. The summed E-state index contributed by atoms with van der Waals surface area (Å²) in [7, 11) is 10.4. The van der Waals surface area contributed by atoms with Crippen molar-refractivity contribution in [3.8, 4) is 11.4 Å². The Bertz CT molecular complexity index is 1910. The molecule has 0 bridgehead atoms. The van der Waals surface area contributed by atoms with Crippen LogP contribution in [0.5, 0.6) is 5.75 Å². The average molecular weight is 605 g/mol. The van der Waals surface area contributed by atoms with Crippen molar-refractivity contribution in [2.45, 2.75) is 20.8 Å². The predicted octanol–water partition coefficient (Wildman–Crippen LogP) is 2.56. The smallest absolute Gasteiger partial charge is 0.332 e. The third-order valence-electron chi connectivity index (χ3n) is 6.77. The van der Waals surface area contributed by atoms with Crippen molar-refractivity contribution in [2.75, 3.05) is 30.9 Å². The molecule has 3 heterocycles. The predicted molar refractivity (Wildman–Crippen MR) is 173 cm³/mol. The van der Waals surface area contributed by atoms with E-state index in [-0.39, 0.29) is 22.7 Å². The Labute approximate surface area is 255 Å². The minimum Gasteiger partial charge on any atom is -0.494 e. The largest absolute Gasteiger partial charge is 0.494 e. The topological polar surface area (TPSA) is 130 Å². The summed E-state index contributed by atoms with van der Waals surface area (Å²) >= 11 is 0. The van der Waals surface area contributed by atoms with Crippen LogP contribution in [0.3, 0.4) is 0 Å². The van der Waals surface area contributed by atoms with Crippen molar-refractivity contribution in [1.29, 1.82) is 0 Å². The number of amides is 1. The van der Waals surface area contributed by atoms with Crippen molar-refractivity contribution >= 4 is 28.4 Å². The Morgan fingerprint density at radius 1 is 0.909 bits per heavy atom. The molecule has 0 radical (unpaired) electrons. The number of aryl methyl sites for hydroxylation is 2. The van der Waals surface area contributed by atoms with Crippen molar-refractivity contribution in [3.05, 3.63) is 97.8 Å². The molecule has 0 saturated carbocycles. The highest BCUT2D eigenvalue weighted by molar-refractivity contribution is 5.88. The molecule has 0 atom stereocenters. The van der Waals surface area contributed by atoms with Gasteiger partial charge in [0.05, 0.1) is 24.3 Å². The molecule has 0 aliphatic carbocycles. The third-order valence-corrected chi connectivity index (χ3v) is 6.77. The maximum absolute atomic E-state index is 12.4. The van der Waals surface area contributed by atoms with E-state index in [9.17, 15) is 19.2 Å². The fourth-order valence-corrected chi connectivity index (χ4v) is 4.54. The lowest BCUT2D eigenvalue weighted by Crippen LogP contribution is -2.37. The molecule has 234 valence electrons. The highest BCUT2D eigenvalue weighted by atomic mass is 16.5. The van der Waals surface area contributed by atoms with Gasteiger partial charge in [-0.3, -0.25) is 28.2 Å². The van der Waals surface area contributed by atoms with Crippen LogP contribution in [0.25, 0.3) is 16.9 Å². The molecule has 3 aromatic heterocycles. The molecule has 1 N–H and O–H groups in total. The van der Waals surface area contributed by atoms with Crippen molar-refractivity contribution in [2.24, 2.45) is 28.2 Å². The van der Waals surface area contributed by atoms with E-state index >= 15 is 0 Å². The van der Waals surface area contributed by atoms with Crippen LogP contribution in [0.1, 0.15) is 19.5 Å². The van der Waals surface area contributed by atoms with Crippen molar-refractivity contribution in [3.63, 3.8) is 0 Å². The number of carbonyl (C=O) groups is 1. The standard InChI is InChI=1S/C13H17N3O.C10H13NO2.C8H10N4O2/c1-10-12(14(2)3)13(17)16(15(10)4)11-8-6-5-7-9-11;1-3-13-10-6-4-9(5-7-10)11-8(2)12;1-10-4-9-6-5(10)7(13)12(3)8(14)11(6)2/h5-9H,1-4H3;4-7H,3H2,1-2H3,(H,11,12);4H,1-3H3. The summed E-state index contributed by atoms with van der Waals surface area (Å²) in [6, 6.07) is 16.9. The van der Waals surface area contributed by atoms with E-state index in [1.54, 1.807) is 23.3 Å². The van der Waals surface area contributed by atoms with Gasteiger partial charge in [0.15, 0.2) is 11.2 Å². The van der Waals surface area contributed by atoms with E-state index in [0.29, 0.717) is 17.8 Å². The maximum atomic E-state index is 12.4. The average Bonchev–Trinajstić information content (AvgIpc) is 3.48. The van der Waals surface area contributed by atoms with E-state index in [0.717, 1.165) is 33.1 Å². The molecule has 0 aliphatic rings. The SMILES string of the molecule is CCOc1ccc(NC(C)=O)cc1.Cc1c(N(C)C)c(=O)n(-c2ccccc2)n1C.Cn1c(=O)c2c(ncn2C)n(C)c1=O. The number of carbonyl (C=O) groups excluding carboxylic acids is 1. The Kier molecular flexibility index (Phi) is 10.7. The van der Waals surface area contributed by atoms with Crippen LogP contribution in [0, 0.1) is 6.92 Å². The van der Waals surface area contributed by atoms with Gasteiger partial charge in [-0.05, 0) is 50.2 Å². The molecule has 2 aromatic carbocycles. The summed E-state index contributed by atoms with van der Waals surface area (Å²) in [6.45, 7) is 6.02. The first kappa shape index (κ1) is 33.2. The molecule has 0 saturated heterocycles. The molecular formula is C31H40N8O5. The summed E-state index contributed by atoms with van der Waals surface area (Å²) in [5.74, 6) is 0.751. The number of ether oxygens (including phenoxy) is 1. The normalized spacial score (nSPS) is 10.4. The monoisotopic (exact) mass is 604 g/mol. The summed E-state index contributed by atoms with van der Waals surface area (Å²) in [5, 5.41) is 2.68. The number of rotatable bonds is 5. The van der Waals surface area contributed by atoms with Crippen LogP contribution in [-0.4, -0.2) is 54.7 Å². The number of para-hydroxylation sites is 1. The van der Waals surface area contributed by atoms with Crippen LogP contribution in [0.4, 0.5) is 11.4 Å². The summed E-state index contributed by atoms with van der Waals surface area (Å²) in [6.07, 6.45) is 1.52. The highest BCUT2D eigenvalue weighted by Gasteiger charge is 2.17. The Balaban J connectivity index is 0.000000182. The van der Waals surface area contributed by atoms with Gasteiger partial charge >= 0.3 is 5.69 Å². The van der Waals surface area contributed by atoms with E-state index in [4.69, 9.17) is 4.74 Å². The molecular weight excluding hydrogens is 564 g/mol.